The Morgan fingerprint density at radius 2 is 1.94 bits per heavy atom. The van der Waals surface area contributed by atoms with Crippen molar-refractivity contribution in [3.05, 3.63) is 40.8 Å². The van der Waals surface area contributed by atoms with Crippen molar-refractivity contribution in [1.82, 2.24) is 9.97 Å². The van der Waals surface area contributed by atoms with Gasteiger partial charge in [-0.15, -0.1) is 0 Å². The topological polar surface area (TPSA) is 54.7 Å². The van der Waals surface area contributed by atoms with Crippen molar-refractivity contribution >= 4 is 0 Å². The van der Waals surface area contributed by atoms with Crippen molar-refractivity contribution in [3.63, 3.8) is 0 Å². The molecule has 0 radical (unpaired) electrons. The number of nitrogens with one attached hydrogen (secondary N) is 1. The molecule has 1 aromatic carbocycles. The molecule has 3 heteroatoms. The van der Waals surface area contributed by atoms with Crippen LogP contribution in [0.2, 0.25) is 0 Å². The molecule has 3 rings (SSSR count). The predicted octanol–water partition coefficient (Wildman–Crippen LogP) is 2.95. The Morgan fingerprint density at radius 1 is 1.22 bits per heavy atom. The molecule has 0 amide bonds. The zero-order chi connectivity index (χ0) is 12.9. The molecule has 1 fully saturated rings. The number of imidazole rings is 1. The summed E-state index contributed by atoms with van der Waals surface area (Å²) in [6.45, 7) is 6.30. The number of nitrogens with zero attached hydrogens (tertiary/aromatic N) is 1. The molecule has 94 valence electrons. The summed E-state index contributed by atoms with van der Waals surface area (Å²) in [5.74, 6) is 0.941. The van der Waals surface area contributed by atoms with Gasteiger partial charge in [-0.05, 0) is 45.2 Å². The summed E-state index contributed by atoms with van der Waals surface area (Å²) in [6.07, 6.45) is 2.07. The first-order valence-electron chi connectivity index (χ1n) is 6.43. The lowest BCUT2D eigenvalue weighted by Gasteiger charge is -2.05. The molecule has 0 bridgehead atoms. The van der Waals surface area contributed by atoms with Gasteiger partial charge in [-0.3, -0.25) is 0 Å². The van der Waals surface area contributed by atoms with Crippen LogP contribution in [0.1, 0.15) is 35.5 Å². The zero-order valence-electron chi connectivity index (χ0n) is 11.2. The van der Waals surface area contributed by atoms with Gasteiger partial charge >= 0.3 is 0 Å². The molecule has 3 nitrogen and oxygen atoms in total. The highest BCUT2D eigenvalue weighted by Gasteiger charge is 2.43. The normalized spacial score (nSPS) is 16.9. The molecule has 1 heterocycles. The second-order valence-corrected chi connectivity index (χ2v) is 5.53. The second-order valence-electron chi connectivity index (χ2n) is 5.53. The number of nitrogens with two attached hydrogens (primary N) is 1. The van der Waals surface area contributed by atoms with Crippen LogP contribution in [0.4, 0.5) is 0 Å². The molecule has 3 N–H and O–H groups in total. The van der Waals surface area contributed by atoms with E-state index in [1.807, 2.05) is 0 Å². The van der Waals surface area contributed by atoms with Gasteiger partial charge < -0.3 is 10.7 Å². The summed E-state index contributed by atoms with van der Waals surface area (Å²) in [5, 5.41) is 0. The Labute approximate surface area is 107 Å². The quantitative estimate of drug-likeness (QED) is 0.849. The number of hydrogen-bond acceptors (Lipinski definition) is 2. The maximum atomic E-state index is 6.20. The summed E-state index contributed by atoms with van der Waals surface area (Å²) in [6, 6.07) is 6.47. The fourth-order valence-electron chi connectivity index (χ4n) is 2.32. The van der Waals surface area contributed by atoms with Crippen molar-refractivity contribution in [3.8, 4) is 11.3 Å². The fraction of sp³-hybridized carbons (Fsp3) is 0.400. The molecular weight excluding hydrogens is 222 g/mol. The molecule has 0 atom stereocenters. The lowest BCUT2D eigenvalue weighted by Crippen LogP contribution is -2.20. The summed E-state index contributed by atoms with van der Waals surface area (Å²) in [7, 11) is 0. The maximum absolute atomic E-state index is 6.20. The van der Waals surface area contributed by atoms with Crippen molar-refractivity contribution in [1.29, 1.82) is 0 Å². The van der Waals surface area contributed by atoms with Gasteiger partial charge in [-0.1, -0.05) is 17.7 Å². The first-order valence-corrected chi connectivity index (χ1v) is 6.43. The minimum atomic E-state index is -0.194. The average molecular weight is 241 g/mol. The van der Waals surface area contributed by atoms with Crippen LogP contribution >= 0.6 is 0 Å². The first kappa shape index (κ1) is 11.5. The molecule has 2 aromatic rings. The number of aromatic amines is 1. The lowest BCUT2D eigenvalue weighted by molar-refractivity contribution is 0.684. The van der Waals surface area contributed by atoms with Gasteiger partial charge in [0.1, 0.15) is 5.82 Å². The van der Waals surface area contributed by atoms with Crippen LogP contribution in [-0.2, 0) is 5.54 Å². The van der Waals surface area contributed by atoms with Gasteiger partial charge in [0.15, 0.2) is 0 Å². The van der Waals surface area contributed by atoms with Crippen LogP contribution in [0.25, 0.3) is 11.3 Å². The van der Waals surface area contributed by atoms with Gasteiger partial charge in [0.2, 0.25) is 0 Å². The first-order chi connectivity index (χ1) is 8.49. The number of hydrogen-bond donors (Lipinski definition) is 2. The van der Waals surface area contributed by atoms with E-state index in [1.165, 1.54) is 16.7 Å². The van der Waals surface area contributed by atoms with Crippen LogP contribution in [0.3, 0.4) is 0 Å². The number of rotatable bonds is 2. The van der Waals surface area contributed by atoms with Crippen molar-refractivity contribution in [2.75, 3.05) is 0 Å². The fourth-order valence-corrected chi connectivity index (χ4v) is 2.32. The third kappa shape index (κ3) is 1.75. The van der Waals surface area contributed by atoms with E-state index >= 15 is 0 Å². The molecule has 1 aromatic heterocycles. The van der Waals surface area contributed by atoms with Crippen molar-refractivity contribution in [2.24, 2.45) is 5.73 Å². The molecule has 0 saturated heterocycles. The van der Waals surface area contributed by atoms with Gasteiger partial charge in [-0.25, -0.2) is 4.98 Å². The summed E-state index contributed by atoms with van der Waals surface area (Å²) in [4.78, 5) is 8.09. The highest BCUT2D eigenvalue weighted by atomic mass is 15.0. The number of benzene rings is 1. The number of H-pyrrole nitrogens is 1. The van der Waals surface area contributed by atoms with E-state index in [4.69, 9.17) is 10.7 Å². The molecule has 0 aliphatic heterocycles. The Morgan fingerprint density at radius 3 is 2.61 bits per heavy atom. The third-order valence-corrected chi connectivity index (χ3v) is 3.79. The molecule has 0 unspecified atom stereocenters. The molecular formula is C15H19N3. The Bertz CT molecular complexity index is 606. The Hall–Kier alpha value is -1.61. The van der Waals surface area contributed by atoms with Gasteiger partial charge in [0, 0.05) is 11.3 Å². The van der Waals surface area contributed by atoms with Gasteiger partial charge in [0.25, 0.3) is 0 Å². The van der Waals surface area contributed by atoms with Crippen molar-refractivity contribution in [2.45, 2.75) is 39.2 Å². The Balaban J connectivity index is 2.11. The molecule has 1 aliphatic carbocycles. The third-order valence-electron chi connectivity index (χ3n) is 3.79. The zero-order valence-corrected chi connectivity index (χ0v) is 11.2. The van der Waals surface area contributed by atoms with E-state index in [0.717, 1.165) is 30.1 Å². The van der Waals surface area contributed by atoms with E-state index in [2.05, 4.69) is 44.0 Å². The average Bonchev–Trinajstić information content (AvgIpc) is 2.95. The highest BCUT2D eigenvalue weighted by molar-refractivity contribution is 5.67. The second kappa shape index (κ2) is 3.69. The predicted molar refractivity (Wildman–Crippen MR) is 73.3 cm³/mol. The van der Waals surface area contributed by atoms with Crippen LogP contribution in [0.15, 0.2) is 18.2 Å². The SMILES string of the molecule is Cc1ccc(C)c(-c2nc(C3(N)CC3)[nH]c2C)c1. The Kier molecular flexibility index (Phi) is 2.35. The maximum Gasteiger partial charge on any atom is 0.127 e. The van der Waals surface area contributed by atoms with Gasteiger partial charge in [0.05, 0.1) is 11.2 Å². The van der Waals surface area contributed by atoms with Crippen molar-refractivity contribution < 1.29 is 0 Å². The van der Waals surface area contributed by atoms with E-state index in [9.17, 15) is 0 Å². The van der Waals surface area contributed by atoms with Crippen LogP contribution in [0.5, 0.6) is 0 Å². The summed E-state index contributed by atoms with van der Waals surface area (Å²) in [5.41, 5.74) is 11.9. The monoisotopic (exact) mass is 241 g/mol. The molecule has 1 saturated carbocycles. The lowest BCUT2D eigenvalue weighted by atomic mass is 10.0. The van der Waals surface area contributed by atoms with Gasteiger partial charge in [-0.2, -0.15) is 0 Å². The highest BCUT2D eigenvalue weighted by Crippen LogP contribution is 2.42. The molecule has 1 aliphatic rings. The summed E-state index contributed by atoms with van der Waals surface area (Å²) < 4.78 is 0. The number of aromatic nitrogens is 2. The van der Waals surface area contributed by atoms with Crippen LogP contribution in [0, 0.1) is 20.8 Å². The largest absolute Gasteiger partial charge is 0.344 e. The number of aryl methyl sites for hydroxylation is 3. The standard InChI is InChI=1S/C15H19N3/c1-9-4-5-10(2)12(8-9)13-11(3)17-14(18-13)15(16)6-7-15/h4-5,8H,6-7,16H2,1-3H3,(H,17,18). The molecule has 0 spiro atoms. The summed E-state index contributed by atoms with van der Waals surface area (Å²) >= 11 is 0. The minimum absolute atomic E-state index is 0.194. The van der Waals surface area contributed by atoms with E-state index < -0.39 is 0 Å². The van der Waals surface area contributed by atoms with E-state index in [1.54, 1.807) is 0 Å². The van der Waals surface area contributed by atoms with Crippen LogP contribution in [-0.4, -0.2) is 9.97 Å². The molecule has 18 heavy (non-hydrogen) atoms. The van der Waals surface area contributed by atoms with Crippen LogP contribution < -0.4 is 5.73 Å². The minimum Gasteiger partial charge on any atom is -0.344 e. The van der Waals surface area contributed by atoms with E-state index in [0.29, 0.717) is 0 Å². The smallest absolute Gasteiger partial charge is 0.127 e. The van der Waals surface area contributed by atoms with E-state index in [-0.39, 0.29) is 5.54 Å².